The number of ether oxygens (including phenoxy) is 2. The van der Waals surface area contributed by atoms with Gasteiger partial charge in [-0.25, -0.2) is 4.79 Å². The molecule has 2 aliphatic carbocycles. The maximum Gasteiger partial charge on any atom is 0.333 e. The Kier molecular flexibility index (Phi) is 4.56. The number of allylic oxidation sites excluding steroid dienone is 2. The SMILES string of the molecule is C/C=C(\C)C(=O)O[C@H]1CC[C@@H]2CC3=C([C@@H](C)C(=O)O3)[C@@H](O)[C@]2(C)[C@H]1C. The number of carbonyl (C=O) groups is 2. The highest BCUT2D eigenvalue weighted by Crippen LogP contribution is 2.57. The Balaban J connectivity index is 1.87. The summed E-state index contributed by atoms with van der Waals surface area (Å²) in [5, 5.41) is 11.2. The molecule has 0 unspecified atom stereocenters. The van der Waals surface area contributed by atoms with Gasteiger partial charge in [0.1, 0.15) is 11.9 Å². The number of aliphatic hydroxyl groups is 1. The van der Waals surface area contributed by atoms with Gasteiger partial charge in [-0.2, -0.15) is 0 Å². The molecule has 0 aromatic heterocycles. The highest BCUT2D eigenvalue weighted by Gasteiger charge is 2.58. The fourth-order valence-electron chi connectivity index (χ4n) is 4.75. The maximum absolute atomic E-state index is 12.2. The van der Waals surface area contributed by atoms with Crippen molar-refractivity contribution in [3.63, 3.8) is 0 Å². The molecule has 0 amide bonds. The van der Waals surface area contributed by atoms with Gasteiger partial charge in [-0.1, -0.05) is 19.9 Å². The van der Waals surface area contributed by atoms with E-state index in [1.807, 2.05) is 13.8 Å². The van der Waals surface area contributed by atoms with Crippen LogP contribution in [0.5, 0.6) is 0 Å². The molecule has 3 aliphatic rings. The first-order valence-electron chi connectivity index (χ1n) is 9.18. The monoisotopic (exact) mass is 348 g/mol. The topological polar surface area (TPSA) is 72.8 Å². The van der Waals surface area contributed by atoms with Crippen LogP contribution in [0.1, 0.15) is 53.9 Å². The van der Waals surface area contributed by atoms with Gasteiger partial charge in [-0.15, -0.1) is 0 Å². The standard InChI is InChI=1S/C20H28O5/c1-6-10(2)18(22)24-14-8-7-13-9-15-16(11(3)19(23)25-15)17(21)20(13,5)12(14)4/h6,11-14,17,21H,7-9H2,1-5H3/b10-6+/t11-,12+,13-,14+,17-,20-/m1/s1. The van der Waals surface area contributed by atoms with Gasteiger partial charge in [-0.05, 0) is 39.5 Å². The van der Waals surface area contributed by atoms with Crippen LogP contribution in [-0.2, 0) is 19.1 Å². The van der Waals surface area contributed by atoms with Crippen molar-refractivity contribution in [2.75, 3.05) is 0 Å². The third-order valence-corrected chi connectivity index (χ3v) is 6.91. The third-order valence-electron chi connectivity index (χ3n) is 6.91. The lowest BCUT2D eigenvalue weighted by molar-refractivity contribution is -0.164. The van der Waals surface area contributed by atoms with E-state index in [4.69, 9.17) is 9.47 Å². The third kappa shape index (κ3) is 2.64. The minimum Gasteiger partial charge on any atom is -0.459 e. The summed E-state index contributed by atoms with van der Waals surface area (Å²) in [5.74, 6) is -0.0908. The molecule has 0 aromatic carbocycles. The van der Waals surface area contributed by atoms with Crippen molar-refractivity contribution in [3.05, 3.63) is 23.0 Å². The molecule has 0 bridgehead atoms. The van der Waals surface area contributed by atoms with Gasteiger partial charge in [0.2, 0.25) is 0 Å². The number of hydrogen-bond donors (Lipinski definition) is 1. The lowest BCUT2D eigenvalue weighted by Crippen LogP contribution is -2.55. The summed E-state index contributed by atoms with van der Waals surface area (Å²) in [5.41, 5.74) is 0.887. The number of carbonyl (C=O) groups excluding carboxylic acids is 2. The Morgan fingerprint density at radius 2 is 2.04 bits per heavy atom. The fourth-order valence-corrected chi connectivity index (χ4v) is 4.75. The van der Waals surface area contributed by atoms with E-state index in [0.717, 1.165) is 18.4 Å². The van der Waals surface area contributed by atoms with Crippen molar-refractivity contribution in [2.45, 2.75) is 66.1 Å². The molecule has 6 atom stereocenters. The summed E-state index contributed by atoms with van der Waals surface area (Å²) < 4.78 is 11.1. The molecule has 0 spiro atoms. The van der Waals surface area contributed by atoms with E-state index >= 15 is 0 Å². The van der Waals surface area contributed by atoms with Crippen molar-refractivity contribution in [1.29, 1.82) is 0 Å². The number of aliphatic hydroxyl groups excluding tert-OH is 1. The van der Waals surface area contributed by atoms with E-state index in [1.54, 1.807) is 19.9 Å². The summed E-state index contributed by atoms with van der Waals surface area (Å²) in [4.78, 5) is 24.1. The maximum atomic E-state index is 12.2. The van der Waals surface area contributed by atoms with Gasteiger partial charge in [0.05, 0.1) is 12.0 Å². The summed E-state index contributed by atoms with van der Waals surface area (Å²) in [6, 6.07) is 0. The van der Waals surface area contributed by atoms with E-state index in [-0.39, 0.29) is 29.9 Å². The molecule has 0 aromatic rings. The fraction of sp³-hybridized carbons (Fsp3) is 0.700. The molecule has 5 heteroatoms. The van der Waals surface area contributed by atoms with Gasteiger partial charge in [0.25, 0.3) is 0 Å². The van der Waals surface area contributed by atoms with Crippen molar-refractivity contribution >= 4 is 11.9 Å². The van der Waals surface area contributed by atoms with Crippen molar-refractivity contribution in [1.82, 2.24) is 0 Å². The molecule has 1 saturated carbocycles. The largest absolute Gasteiger partial charge is 0.459 e. The van der Waals surface area contributed by atoms with E-state index in [0.29, 0.717) is 17.8 Å². The Labute approximate surface area is 149 Å². The number of hydrogen-bond acceptors (Lipinski definition) is 5. The van der Waals surface area contributed by atoms with Gasteiger partial charge in [-0.3, -0.25) is 4.79 Å². The van der Waals surface area contributed by atoms with E-state index in [2.05, 4.69) is 6.92 Å². The van der Waals surface area contributed by atoms with Crippen LogP contribution in [0.3, 0.4) is 0 Å². The first-order valence-corrected chi connectivity index (χ1v) is 9.18. The average Bonchev–Trinajstić information content (AvgIpc) is 2.86. The molecule has 0 radical (unpaired) electrons. The van der Waals surface area contributed by atoms with Crippen molar-refractivity contribution in [2.24, 2.45) is 23.2 Å². The van der Waals surface area contributed by atoms with Gasteiger partial charge < -0.3 is 14.6 Å². The van der Waals surface area contributed by atoms with Gasteiger partial charge in [0.15, 0.2) is 0 Å². The normalized spacial score (nSPS) is 41.1. The van der Waals surface area contributed by atoms with Crippen LogP contribution in [0.4, 0.5) is 0 Å². The van der Waals surface area contributed by atoms with Gasteiger partial charge in [0, 0.05) is 28.9 Å². The molecule has 3 rings (SSSR count). The number of esters is 2. The molecule has 25 heavy (non-hydrogen) atoms. The quantitative estimate of drug-likeness (QED) is 0.613. The van der Waals surface area contributed by atoms with Crippen LogP contribution in [0.25, 0.3) is 0 Å². The summed E-state index contributed by atoms with van der Waals surface area (Å²) in [7, 11) is 0. The Hall–Kier alpha value is -1.62. The van der Waals surface area contributed by atoms with E-state index in [1.165, 1.54) is 0 Å². The average molecular weight is 348 g/mol. The smallest absolute Gasteiger partial charge is 0.333 e. The first kappa shape index (κ1) is 18.2. The molecule has 0 saturated heterocycles. The molecular weight excluding hydrogens is 320 g/mol. The minimum absolute atomic E-state index is 0.00759. The second kappa shape index (κ2) is 6.27. The second-order valence-electron chi connectivity index (χ2n) is 7.97. The highest BCUT2D eigenvalue weighted by atomic mass is 16.5. The summed E-state index contributed by atoms with van der Waals surface area (Å²) >= 11 is 0. The van der Waals surface area contributed by atoms with Crippen LogP contribution in [0.15, 0.2) is 23.0 Å². The molecule has 5 nitrogen and oxygen atoms in total. The van der Waals surface area contributed by atoms with Crippen LogP contribution in [-0.4, -0.2) is 29.3 Å². The van der Waals surface area contributed by atoms with Crippen LogP contribution in [0, 0.1) is 23.2 Å². The van der Waals surface area contributed by atoms with E-state index in [9.17, 15) is 14.7 Å². The Morgan fingerprint density at radius 1 is 1.36 bits per heavy atom. The zero-order chi connectivity index (χ0) is 18.5. The second-order valence-corrected chi connectivity index (χ2v) is 7.97. The Morgan fingerprint density at radius 3 is 2.68 bits per heavy atom. The number of fused-ring (bicyclic) bond motifs is 1. The Bertz CT molecular complexity index is 661. The molecule has 1 aliphatic heterocycles. The lowest BCUT2D eigenvalue weighted by atomic mass is 9.53. The summed E-state index contributed by atoms with van der Waals surface area (Å²) in [6.45, 7) is 9.46. The van der Waals surface area contributed by atoms with Gasteiger partial charge >= 0.3 is 11.9 Å². The molecule has 138 valence electrons. The zero-order valence-corrected chi connectivity index (χ0v) is 15.7. The molecular formula is C20H28O5. The summed E-state index contributed by atoms with van der Waals surface area (Å²) in [6.07, 6.45) is 3.06. The minimum atomic E-state index is -0.748. The van der Waals surface area contributed by atoms with Crippen LogP contribution in [0.2, 0.25) is 0 Å². The predicted octanol–water partition coefficient (Wildman–Crippen LogP) is 3.13. The lowest BCUT2D eigenvalue weighted by Gasteiger charge is -2.54. The molecule has 1 heterocycles. The zero-order valence-electron chi connectivity index (χ0n) is 15.7. The van der Waals surface area contributed by atoms with Crippen molar-refractivity contribution < 1.29 is 24.2 Å². The van der Waals surface area contributed by atoms with Crippen LogP contribution >= 0.6 is 0 Å². The first-order chi connectivity index (χ1) is 11.7. The molecule has 1 fully saturated rings. The number of rotatable bonds is 2. The van der Waals surface area contributed by atoms with Crippen LogP contribution < -0.4 is 0 Å². The van der Waals surface area contributed by atoms with E-state index < -0.39 is 17.4 Å². The molecule has 1 N–H and O–H groups in total. The predicted molar refractivity (Wildman–Crippen MR) is 92.2 cm³/mol. The highest BCUT2D eigenvalue weighted by molar-refractivity contribution is 5.87. The van der Waals surface area contributed by atoms with Crippen molar-refractivity contribution in [3.8, 4) is 0 Å².